The summed E-state index contributed by atoms with van der Waals surface area (Å²) < 4.78 is 13.0. The third kappa shape index (κ3) is 4.79. The van der Waals surface area contributed by atoms with Crippen molar-refractivity contribution in [1.82, 2.24) is 19.7 Å². The van der Waals surface area contributed by atoms with Crippen molar-refractivity contribution in [3.8, 4) is 34.0 Å². The summed E-state index contributed by atoms with van der Waals surface area (Å²) in [5.41, 5.74) is 3.51. The fraction of sp³-hybridized carbons (Fsp3) is 0.136. The van der Waals surface area contributed by atoms with Gasteiger partial charge in [0.25, 0.3) is 0 Å². The molecular weight excluding hydrogens is 455 g/mol. The molecule has 9 heteroatoms. The van der Waals surface area contributed by atoms with E-state index in [4.69, 9.17) is 32.7 Å². The van der Waals surface area contributed by atoms with E-state index in [-0.39, 0.29) is 0 Å². The highest BCUT2D eigenvalue weighted by Gasteiger charge is 2.16. The van der Waals surface area contributed by atoms with Crippen LogP contribution in [0.2, 0.25) is 10.3 Å². The molecule has 2 aromatic heterocycles. The molecule has 2 heterocycles. The minimum absolute atomic E-state index is 0.307. The molecule has 0 saturated heterocycles. The summed E-state index contributed by atoms with van der Waals surface area (Å²) in [5, 5.41) is 9.45. The van der Waals surface area contributed by atoms with Gasteiger partial charge in [-0.25, -0.2) is 4.98 Å². The van der Waals surface area contributed by atoms with Crippen LogP contribution in [-0.2, 0) is 13.7 Å². The predicted molar refractivity (Wildman–Crippen MR) is 124 cm³/mol. The molecule has 31 heavy (non-hydrogen) atoms. The molecule has 0 aliphatic heterocycles. The van der Waals surface area contributed by atoms with Crippen molar-refractivity contribution >= 4 is 35.8 Å². The predicted octanol–water partition coefficient (Wildman–Crippen LogP) is 5.73. The van der Waals surface area contributed by atoms with E-state index in [1.807, 2.05) is 49.5 Å². The summed E-state index contributed by atoms with van der Waals surface area (Å²) in [6.07, 6.45) is 0. The summed E-state index contributed by atoms with van der Waals surface area (Å²) in [7, 11) is 3.49. The Morgan fingerprint density at radius 2 is 1.58 bits per heavy atom. The summed E-state index contributed by atoms with van der Waals surface area (Å²) in [4.78, 5) is 4.03. The number of pyridine rings is 1. The largest absolute Gasteiger partial charge is 0.497 e. The Morgan fingerprint density at radius 1 is 0.903 bits per heavy atom. The maximum Gasteiger partial charge on any atom is 0.188 e. The topological polar surface area (TPSA) is 62.1 Å². The normalized spacial score (nSPS) is 10.9. The number of methoxy groups -OCH3 is 1. The lowest BCUT2D eigenvalue weighted by Gasteiger charge is -2.13. The first kappa shape index (κ1) is 21.5. The molecule has 0 spiro atoms. The summed E-state index contributed by atoms with van der Waals surface area (Å²) >= 11 is 16.6. The van der Waals surface area contributed by atoms with Gasteiger partial charge in [0, 0.05) is 12.6 Å². The maximum atomic E-state index is 6.13. The van der Waals surface area contributed by atoms with E-state index >= 15 is 0 Å². The number of nitrogens with zero attached hydrogens (tertiary/aromatic N) is 4. The van der Waals surface area contributed by atoms with Crippen LogP contribution in [0.25, 0.3) is 22.5 Å². The van der Waals surface area contributed by atoms with E-state index in [1.165, 1.54) is 0 Å². The van der Waals surface area contributed by atoms with Gasteiger partial charge in [-0.2, -0.15) is 0 Å². The molecular formula is C22H18Cl2N4O2S. The van der Waals surface area contributed by atoms with Crippen LogP contribution in [0.3, 0.4) is 0 Å². The van der Waals surface area contributed by atoms with Gasteiger partial charge < -0.3 is 14.0 Å². The molecule has 0 aliphatic rings. The molecule has 4 aromatic rings. The molecule has 0 aliphatic carbocycles. The Balaban J connectivity index is 1.71. The second kappa shape index (κ2) is 9.18. The van der Waals surface area contributed by atoms with Crippen molar-refractivity contribution in [2.45, 2.75) is 11.8 Å². The Hall–Kier alpha value is -2.74. The highest BCUT2D eigenvalue weighted by Crippen LogP contribution is 2.36. The molecule has 0 saturated carbocycles. The highest BCUT2D eigenvalue weighted by molar-refractivity contribution is 7.80. The molecule has 0 atom stereocenters. The SMILES string of the molecule is COc1ccc(COc2ccc(-c3cc(Cl)nc(Cl)c3)c(-c3nnc(S)n3C)c2)cc1. The molecule has 158 valence electrons. The van der Waals surface area contributed by atoms with Gasteiger partial charge in [0.1, 0.15) is 28.4 Å². The number of aromatic nitrogens is 4. The van der Waals surface area contributed by atoms with Crippen LogP contribution in [0.1, 0.15) is 5.56 Å². The number of hydrogen-bond donors (Lipinski definition) is 1. The Kier molecular flexibility index (Phi) is 6.36. The first-order valence-electron chi connectivity index (χ1n) is 9.26. The fourth-order valence-electron chi connectivity index (χ4n) is 3.11. The average Bonchev–Trinajstić information content (AvgIpc) is 3.10. The van der Waals surface area contributed by atoms with E-state index < -0.39 is 0 Å². The van der Waals surface area contributed by atoms with Crippen molar-refractivity contribution in [2.75, 3.05) is 7.11 Å². The van der Waals surface area contributed by atoms with Crippen molar-refractivity contribution in [2.24, 2.45) is 7.05 Å². The smallest absolute Gasteiger partial charge is 0.188 e. The van der Waals surface area contributed by atoms with Crippen LogP contribution in [0, 0.1) is 0 Å². The third-order valence-electron chi connectivity index (χ3n) is 4.72. The van der Waals surface area contributed by atoms with E-state index in [0.29, 0.717) is 33.6 Å². The molecule has 0 unspecified atom stereocenters. The van der Waals surface area contributed by atoms with Gasteiger partial charge in [-0.05, 0) is 59.2 Å². The van der Waals surface area contributed by atoms with Crippen LogP contribution in [0.15, 0.2) is 59.8 Å². The second-order valence-corrected chi connectivity index (χ2v) is 7.90. The van der Waals surface area contributed by atoms with Crippen LogP contribution < -0.4 is 9.47 Å². The van der Waals surface area contributed by atoms with E-state index in [2.05, 4.69) is 27.8 Å². The Labute approximate surface area is 195 Å². The minimum Gasteiger partial charge on any atom is -0.497 e. The number of ether oxygens (including phenoxy) is 2. The Morgan fingerprint density at radius 3 is 2.19 bits per heavy atom. The van der Waals surface area contributed by atoms with E-state index in [9.17, 15) is 0 Å². The number of thiol groups is 1. The van der Waals surface area contributed by atoms with Gasteiger partial charge in [0.05, 0.1) is 7.11 Å². The van der Waals surface area contributed by atoms with Gasteiger partial charge in [0.2, 0.25) is 0 Å². The summed E-state index contributed by atoms with van der Waals surface area (Å²) in [6, 6.07) is 17.0. The summed E-state index contributed by atoms with van der Waals surface area (Å²) in [6.45, 7) is 0.409. The fourth-order valence-corrected chi connectivity index (χ4v) is 3.71. The number of rotatable bonds is 6. The molecule has 4 rings (SSSR count). The van der Waals surface area contributed by atoms with Crippen molar-refractivity contribution in [3.63, 3.8) is 0 Å². The van der Waals surface area contributed by atoms with Gasteiger partial charge in [-0.3, -0.25) is 0 Å². The van der Waals surface area contributed by atoms with E-state index in [1.54, 1.807) is 23.8 Å². The lowest BCUT2D eigenvalue weighted by molar-refractivity contribution is 0.306. The van der Waals surface area contributed by atoms with Crippen LogP contribution in [0.4, 0.5) is 0 Å². The molecule has 6 nitrogen and oxygen atoms in total. The number of benzene rings is 2. The monoisotopic (exact) mass is 472 g/mol. The van der Waals surface area contributed by atoms with Crippen LogP contribution in [-0.4, -0.2) is 26.9 Å². The van der Waals surface area contributed by atoms with Crippen LogP contribution in [0.5, 0.6) is 11.5 Å². The molecule has 0 amide bonds. The first-order chi connectivity index (χ1) is 14.9. The summed E-state index contributed by atoms with van der Waals surface area (Å²) in [5.74, 6) is 2.12. The molecule has 0 N–H and O–H groups in total. The van der Waals surface area contributed by atoms with Gasteiger partial charge in [0.15, 0.2) is 11.0 Å². The van der Waals surface area contributed by atoms with Gasteiger partial charge in [-0.15, -0.1) is 22.8 Å². The Bertz CT molecular complexity index is 1210. The zero-order chi connectivity index (χ0) is 22.0. The minimum atomic E-state index is 0.307. The maximum absolute atomic E-state index is 6.13. The zero-order valence-corrected chi connectivity index (χ0v) is 19.1. The number of halogens is 2. The third-order valence-corrected chi connectivity index (χ3v) is 5.50. The quantitative estimate of drug-likeness (QED) is 0.286. The molecule has 0 radical (unpaired) electrons. The average molecular weight is 473 g/mol. The number of hydrogen-bond acceptors (Lipinski definition) is 6. The van der Waals surface area contributed by atoms with Crippen molar-refractivity contribution in [3.05, 3.63) is 70.5 Å². The van der Waals surface area contributed by atoms with Crippen LogP contribution >= 0.6 is 35.8 Å². The lowest BCUT2D eigenvalue weighted by atomic mass is 9.99. The van der Waals surface area contributed by atoms with Gasteiger partial charge >= 0.3 is 0 Å². The highest BCUT2D eigenvalue weighted by atomic mass is 35.5. The lowest BCUT2D eigenvalue weighted by Crippen LogP contribution is -1.99. The van der Waals surface area contributed by atoms with E-state index in [0.717, 1.165) is 28.0 Å². The molecule has 0 fully saturated rings. The molecule has 0 bridgehead atoms. The zero-order valence-electron chi connectivity index (χ0n) is 16.7. The second-order valence-electron chi connectivity index (χ2n) is 6.73. The van der Waals surface area contributed by atoms with Gasteiger partial charge in [-0.1, -0.05) is 35.3 Å². The first-order valence-corrected chi connectivity index (χ1v) is 10.5. The van der Waals surface area contributed by atoms with Crippen molar-refractivity contribution < 1.29 is 9.47 Å². The molecule has 2 aromatic carbocycles. The van der Waals surface area contributed by atoms with Crippen molar-refractivity contribution in [1.29, 1.82) is 0 Å². The standard InChI is InChI=1S/C22H18Cl2N4O2S/c1-28-21(26-27-22(28)31)18-11-16(30-12-13-3-5-15(29-2)6-4-13)7-8-17(18)14-9-19(23)25-20(24)10-14/h3-11H,12H2,1-2H3,(H,27,31).